The molecule has 1 N–H and O–H groups in total. The first-order valence-electron chi connectivity index (χ1n) is 6.91. The summed E-state index contributed by atoms with van der Waals surface area (Å²) in [6.07, 6.45) is 3.74. The second-order valence-electron chi connectivity index (χ2n) is 4.73. The molecule has 0 atom stereocenters. The molecule has 1 heterocycles. The number of fused-ring (bicyclic) bond motifs is 1. The largest absolute Gasteiger partial charge is 0.356 e. The Kier molecular flexibility index (Phi) is 4.90. The van der Waals surface area contributed by atoms with E-state index in [9.17, 15) is 4.79 Å². The fourth-order valence-electron chi connectivity index (χ4n) is 2.04. The number of hydrogen-bond donors (Lipinski definition) is 1. The first-order chi connectivity index (χ1) is 9.29. The Bertz CT molecular complexity index is 551. The molecule has 0 saturated heterocycles. The van der Waals surface area contributed by atoms with E-state index in [0.717, 1.165) is 36.0 Å². The molecule has 19 heavy (non-hydrogen) atoms. The average molecular weight is 256 g/mol. The van der Waals surface area contributed by atoms with Crippen LogP contribution in [0.1, 0.15) is 31.9 Å². The third-order valence-electron chi connectivity index (χ3n) is 3.10. The van der Waals surface area contributed by atoms with Gasteiger partial charge in [-0.15, -0.1) is 0 Å². The minimum absolute atomic E-state index is 0.0545. The van der Waals surface area contributed by atoms with Crippen molar-refractivity contribution in [3.63, 3.8) is 0 Å². The van der Waals surface area contributed by atoms with Crippen LogP contribution in [0.2, 0.25) is 0 Å². The summed E-state index contributed by atoms with van der Waals surface area (Å²) in [5.41, 5.74) is 1.77. The molecule has 0 fully saturated rings. The topological polar surface area (TPSA) is 42.0 Å². The summed E-state index contributed by atoms with van der Waals surface area (Å²) in [5, 5.41) is 4.04. The van der Waals surface area contributed by atoms with E-state index in [1.807, 2.05) is 36.4 Å². The van der Waals surface area contributed by atoms with Gasteiger partial charge in [0, 0.05) is 11.9 Å². The maximum Gasteiger partial charge on any atom is 0.226 e. The maximum absolute atomic E-state index is 11.8. The van der Waals surface area contributed by atoms with Gasteiger partial charge < -0.3 is 5.32 Å². The number of nitrogens with zero attached hydrogens (tertiary/aromatic N) is 1. The summed E-state index contributed by atoms with van der Waals surface area (Å²) in [6, 6.07) is 11.9. The van der Waals surface area contributed by atoms with Crippen molar-refractivity contribution in [2.45, 2.75) is 32.6 Å². The minimum atomic E-state index is 0.0545. The monoisotopic (exact) mass is 256 g/mol. The number of nitrogens with one attached hydrogen (secondary N) is 1. The fraction of sp³-hybridized carbons (Fsp3) is 0.375. The van der Waals surface area contributed by atoms with Crippen LogP contribution in [0, 0.1) is 0 Å². The Labute approximate surface area is 114 Å². The third kappa shape index (κ3) is 4.05. The fourth-order valence-corrected chi connectivity index (χ4v) is 2.04. The second-order valence-corrected chi connectivity index (χ2v) is 4.73. The van der Waals surface area contributed by atoms with Crippen molar-refractivity contribution in [2.24, 2.45) is 0 Å². The molecule has 1 aromatic heterocycles. The van der Waals surface area contributed by atoms with Crippen LogP contribution in [-0.2, 0) is 11.2 Å². The summed E-state index contributed by atoms with van der Waals surface area (Å²) in [7, 11) is 0. The minimum Gasteiger partial charge on any atom is -0.356 e. The van der Waals surface area contributed by atoms with Crippen LogP contribution < -0.4 is 5.32 Å². The van der Waals surface area contributed by atoms with Gasteiger partial charge in [0.25, 0.3) is 0 Å². The number of amides is 1. The van der Waals surface area contributed by atoms with Gasteiger partial charge in [-0.1, -0.05) is 44.0 Å². The van der Waals surface area contributed by atoms with Crippen molar-refractivity contribution in [3.8, 4) is 0 Å². The molecule has 1 aromatic carbocycles. The van der Waals surface area contributed by atoms with Gasteiger partial charge in [0.05, 0.1) is 17.6 Å². The van der Waals surface area contributed by atoms with Gasteiger partial charge in [0.15, 0.2) is 0 Å². The van der Waals surface area contributed by atoms with Crippen LogP contribution in [0.5, 0.6) is 0 Å². The van der Waals surface area contributed by atoms with Gasteiger partial charge in [-0.3, -0.25) is 9.78 Å². The smallest absolute Gasteiger partial charge is 0.226 e. The first-order valence-corrected chi connectivity index (χ1v) is 6.91. The number of rotatable bonds is 6. The van der Waals surface area contributed by atoms with Gasteiger partial charge in [0.1, 0.15) is 0 Å². The Morgan fingerprint density at radius 1 is 1.16 bits per heavy atom. The lowest BCUT2D eigenvalue weighted by molar-refractivity contribution is -0.120. The third-order valence-corrected chi connectivity index (χ3v) is 3.10. The maximum atomic E-state index is 11.8. The van der Waals surface area contributed by atoms with Crippen LogP contribution in [0.25, 0.3) is 10.9 Å². The van der Waals surface area contributed by atoms with Crippen molar-refractivity contribution in [1.82, 2.24) is 10.3 Å². The second kappa shape index (κ2) is 6.88. The molecule has 0 saturated carbocycles. The average Bonchev–Trinajstić information content (AvgIpc) is 2.43. The Balaban J connectivity index is 1.91. The number of carbonyl (C=O) groups is 1. The van der Waals surface area contributed by atoms with E-state index in [2.05, 4.69) is 17.2 Å². The Hall–Kier alpha value is -1.90. The van der Waals surface area contributed by atoms with Crippen molar-refractivity contribution in [3.05, 3.63) is 42.1 Å². The Morgan fingerprint density at radius 3 is 2.84 bits per heavy atom. The Morgan fingerprint density at radius 2 is 2.00 bits per heavy atom. The van der Waals surface area contributed by atoms with Gasteiger partial charge in [-0.25, -0.2) is 0 Å². The first kappa shape index (κ1) is 13.5. The van der Waals surface area contributed by atoms with E-state index in [1.165, 1.54) is 6.42 Å². The van der Waals surface area contributed by atoms with Gasteiger partial charge >= 0.3 is 0 Å². The van der Waals surface area contributed by atoms with Crippen molar-refractivity contribution >= 4 is 16.8 Å². The number of carbonyl (C=O) groups excluding carboxylic acids is 1. The van der Waals surface area contributed by atoms with Crippen LogP contribution in [0.3, 0.4) is 0 Å². The molecule has 0 aliphatic carbocycles. The molecule has 1 amide bonds. The summed E-state index contributed by atoms with van der Waals surface area (Å²) in [4.78, 5) is 16.3. The molecule has 0 bridgehead atoms. The highest BCUT2D eigenvalue weighted by molar-refractivity contribution is 5.81. The summed E-state index contributed by atoms with van der Waals surface area (Å²) < 4.78 is 0. The molecule has 0 spiro atoms. The molecular weight excluding hydrogens is 236 g/mol. The number of para-hydroxylation sites is 1. The highest BCUT2D eigenvalue weighted by Gasteiger charge is 2.04. The molecule has 100 valence electrons. The van der Waals surface area contributed by atoms with Crippen LogP contribution >= 0.6 is 0 Å². The molecular formula is C16H20N2O. The van der Waals surface area contributed by atoms with Gasteiger partial charge in [-0.05, 0) is 18.6 Å². The van der Waals surface area contributed by atoms with E-state index >= 15 is 0 Å². The van der Waals surface area contributed by atoms with Crippen LogP contribution in [-0.4, -0.2) is 17.4 Å². The van der Waals surface area contributed by atoms with E-state index in [0.29, 0.717) is 6.42 Å². The number of pyridine rings is 1. The number of aromatic nitrogens is 1. The molecule has 2 rings (SSSR count). The van der Waals surface area contributed by atoms with E-state index in [4.69, 9.17) is 0 Å². The standard InChI is InChI=1S/C16H20N2O/c1-2-3-6-11-17-16(19)12-14-10-9-13-7-4-5-8-15(13)18-14/h4-5,7-10H,2-3,6,11-12H2,1H3,(H,17,19). The molecule has 3 nitrogen and oxygen atoms in total. The van der Waals surface area contributed by atoms with E-state index < -0.39 is 0 Å². The molecule has 0 aliphatic rings. The lowest BCUT2D eigenvalue weighted by atomic mass is 10.2. The number of benzene rings is 1. The van der Waals surface area contributed by atoms with Gasteiger partial charge in [-0.2, -0.15) is 0 Å². The molecule has 3 heteroatoms. The zero-order valence-electron chi connectivity index (χ0n) is 11.4. The normalized spacial score (nSPS) is 10.6. The molecule has 2 aromatic rings. The lowest BCUT2D eigenvalue weighted by Crippen LogP contribution is -2.26. The predicted octanol–water partition coefficient (Wildman–Crippen LogP) is 3.08. The van der Waals surface area contributed by atoms with Crippen LogP contribution in [0.4, 0.5) is 0 Å². The highest BCUT2D eigenvalue weighted by Crippen LogP contribution is 2.11. The molecule has 0 unspecified atom stereocenters. The lowest BCUT2D eigenvalue weighted by Gasteiger charge is -2.05. The summed E-state index contributed by atoms with van der Waals surface area (Å²) >= 11 is 0. The van der Waals surface area contributed by atoms with E-state index in [1.54, 1.807) is 0 Å². The predicted molar refractivity (Wildman–Crippen MR) is 78.0 cm³/mol. The molecule has 0 radical (unpaired) electrons. The van der Waals surface area contributed by atoms with Crippen molar-refractivity contribution in [2.75, 3.05) is 6.54 Å². The summed E-state index contributed by atoms with van der Waals surface area (Å²) in [6.45, 7) is 2.92. The number of unbranched alkanes of at least 4 members (excludes halogenated alkanes) is 2. The highest BCUT2D eigenvalue weighted by atomic mass is 16.1. The van der Waals surface area contributed by atoms with Gasteiger partial charge in [0.2, 0.25) is 5.91 Å². The van der Waals surface area contributed by atoms with E-state index in [-0.39, 0.29) is 5.91 Å². The zero-order valence-corrected chi connectivity index (χ0v) is 11.4. The SMILES string of the molecule is CCCCCNC(=O)Cc1ccc2ccccc2n1. The number of hydrogen-bond acceptors (Lipinski definition) is 2. The molecule has 0 aliphatic heterocycles. The summed E-state index contributed by atoms with van der Waals surface area (Å²) in [5.74, 6) is 0.0545. The zero-order chi connectivity index (χ0) is 13.5. The van der Waals surface area contributed by atoms with Crippen molar-refractivity contribution < 1.29 is 4.79 Å². The quantitative estimate of drug-likeness (QED) is 0.807. The van der Waals surface area contributed by atoms with Crippen LogP contribution in [0.15, 0.2) is 36.4 Å². The van der Waals surface area contributed by atoms with Crippen molar-refractivity contribution in [1.29, 1.82) is 0 Å².